The molecule has 0 radical (unpaired) electrons. The number of aromatic nitrogens is 2. The van der Waals surface area contributed by atoms with Gasteiger partial charge < -0.3 is 24.6 Å². The number of hydrogen-bond donors (Lipinski definition) is 2. The molecule has 6 heteroatoms. The summed E-state index contributed by atoms with van der Waals surface area (Å²) in [6, 6.07) is 3.83. The van der Waals surface area contributed by atoms with Crippen molar-refractivity contribution in [2.24, 2.45) is 0 Å². The molecule has 1 aromatic carbocycles. The Morgan fingerprint density at radius 1 is 1.21 bits per heavy atom. The van der Waals surface area contributed by atoms with Crippen LogP contribution in [0.15, 0.2) is 29.0 Å². The highest BCUT2D eigenvalue weighted by molar-refractivity contribution is 6.02. The number of oxazole rings is 1. The van der Waals surface area contributed by atoms with Crippen molar-refractivity contribution in [3.63, 3.8) is 0 Å². The lowest BCUT2D eigenvalue weighted by molar-refractivity contribution is 0.410. The van der Waals surface area contributed by atoms with E-state index in [2.05, 4.69) is 9.97 Å². The van der Waals surface area contributed by atoms with Crippen LogP contribution in [0.25, 0.3) is 22.2 Å². The summed E-state index contributed by atoms with van der Waals surface area (Å²) in [6.45, 7) is 0. The smallest absolute Gasteiger partial charge is 0.292 e. The predicted octanol–water partition coefficient (Wildman–Crippen LogP) is 2.42. The maximum Gasteiger partial charge on any atom is 0.292 e. The van der Waals surface area contributed by atoms with Gasteiger partial charge in [-0.2, -0.15) is 4.98 Å². The molecule has 0 amide bonds. The van der Waals surface area contributed by atoms with Gasteiger partial charge in [0.1, 0.15) is 23.5 Å². The monoisotopic (exact) mass is 259 g/mol. The molecule has 3 aromatic rings. The van der Waals surface area contributed by atoms with E-state index in [0.29, 0.717) is 5.69 Å². The Labute approximate surface area is 109 Å². The molecule has 3 N–H and O–H groups in total. The number of nitrogens with two attached hydrogens (primary N) is 1. The third-order valence-electron chi connectivity index (χ3n) is 3.00. The molecule has 0 aliphatic rings. The van der Waals surface area contributed by atoms with Gasteiger partial charge in [-0.3, -0.25) is 0 Å². The van der Waals surface area contributed by atoms with Crippen LogP contribution in [0.5, 0.6) is 11.5 Å². The van der Waals surface area contributed by atoms with Crippen LogP contribution in [0, 0.1) is 0 Å². The van der Waals surface area contributed by atoms with E-state index in [-0.39, 0.29) is 6.01 Å². The van der Waals surface area contributed by atoms with Crippen molar-refractivity contribution in [2.75, 3.05) is 20.0 Å². The second-order valence-corrected chi connectivity index (χ2v) is 3.99. The van der Waals surface area contributed by atoms with Gasteiger partial charge in [-0.1, -0.05) is 0 Å². The van der Waals surface area contributed by atoms with E-state index in [1.165, 1.54) is 6.26 Å². The maximum atomic E-state index is 5.51. The van der Waals surface area contributed by atoms with Crippen molar-refractivity contribution in [3.8, 4) is 22.8 Å². The van der Waals surface area contributed by atoms with Crippen LogP contribution in [-0.2, 0) is 0 Å². The molecular formula is C13H13N3O3. The summed E-state index contributed by atoms with van der Waals surface area (Å²) in [6.07, 6.45) is 3.34. The second kappa shape index (κ2) is 4.24. The van der Waals surface area contributed by atoms with E-state index in [0.717, 1.165) is 28.0 Å². The lowest BCUT2D eigenvalue weighted by Gasteiger charge is -2.07. The Balaban J connectivity index is 2.31. The number of benzene rings is 1. The van der Waals surface area contributed by atoms with Gasteiger partial charge in [0.15, 0.2) is 0 Å². The number of aromatic amines is 1. The fraction of sp³-hybridized carbons (Fsp3) is 0.154. The van der Waals surface area contributed by atoms with E-state index in [1.54, 1.807) is 14.2 Å². The van der Waals surface area contributed by atoms with Crippen molar-refractivity contribution in [3.05, 3.63) is 24.6 Å². The molecule has 0 saturated carbocycles. The zero-order valence-electron chi connectivity index (χ0n) is 10.6. The first-order chi connectivity index (χ1) is 9.24. The maximum absolute atomic E-state index is 5.51. The summed E-state index contributed by atoms with van der Waals surface area (Å²) < 4.78 is 15.8. The molecule has 19 heavy (non-hydrogen) atoms. The van der Waals surface area contributed by atoms with Gasteiger partial charge in [-0.15, -0.1) is 0 Å². The minimum Gasteiger partial charge on any atom is -0.496 e. The molecule has 6 nitrogen and oxygen atoms in total. The molecule has 0 spiro atoms. The van der Waals surface area contributed by atoms with E-state index in [9.17, 15) is 0 Å². The largest absolute Gasteiger partial charge is 0.496 e. The third kappa shape index (κ3) is 1.69. The average Bonchev–Trinajstić information content (AvgIpc) is 3.03. The fourth-order valence-electron chi connectivity index (χ4n) is 2.15. The average molecular weight is 259 g/mol. The number of anilines is 1. The second-order valence-electron chi connectivity index (χ2n) is 3.99. The van der Waals surface area contributed by atoms with E-state index >= 15 is 0 Å². The molecule has 0 atom stereocenters. The highest BCUT2D eigenvalue weighted by atomic mass is 16.5. The Bertz CT molecular complexity index is 730. The lowest BCUT2D eigenvalue weighted by atomic mass is 10.1. The first-order valence-electron chi connectivity index (χ1n) is 5.68. The van der Waals surface area contributed by atoms with Gasteiger partial charge in [-0.05, 0) is 12.1 Å². The minimum absolute atomic E-state index is 0.131. The standard InChI is InChI=1S/C13H13N3O3/c1-17-9-3-4-10(18-2)12-11(9)7(5-15-12)8-6-19-13(14)16-8/h3-6,15H,1-2H3,(H2,14,16). The molecule has 0 fully saturated rings. The van der Waals surface area contributed by atoms with Crippen LogP contribution in [0.1, 0.15) is 0 Å². The predicted molar refractivity (Wildman–Crippen MR) is 71.3 cm³/mol. The van der Waals surface area contributed by atoms with Crippen LogP contribution in [0.4, 0.5) is 6.01 Å². The molecule has 3 rings (SSSR count). The Morgan fingerprint density at radius 2 is 1.95 bits per heavy atom. The Morgan fingerprint density at radius 3 is 2.58 bits per heavy atom. The first kappa shape index (κ1) is 11.5. The summed E-state index contributed by atoms with van der Waals surface area (Å²) in [7, 11) is 3.24. The number of nitrogens with one attached hydrogen (secondary N) is 1. The molecule has 0 unspecified atom stereocenters. The fourth-order valence-corrected chi connectivity index (χ4v) is 2.15. The third-order valence-corrected chi connectivity index (χ3v) is 3.00. The van der Waals surface area contributed by atoms with Gasteiger partial charge >= 0.3 is 0 Å². The molecule has 0 saturated heterocycles. The molecule has 0 bridgehead atoms. The van der Waals surface area contributed by atoms with E-state index < -0.39 is 0 Å². The van der Waals surface area contributed by atoms with Gasteiger partial charge in [0.2, 0.25) is 0 Å². The summed E-state index contributed by atoms with van der Waals surface area (Å²) >= 11 is 0. The van der Waals surface area contributed by atoms with Crippen LogP contribution in [-0.4, -0.2) is 24.2 Å². The highest BCUT2D eigenvalue weighted by Gasteiger charge is 2.16. The number of fused-ring (bicyclic) bond motifs is 1. The van der Waals surface area contributed by atoms with Crippen LogP contribution >= 0.6 is 0 Å². The molecule has 98 valence electrons. The highest BCUT2D eigenvalue weighted by Crippen LogP contribution is 2.39. The first-order valence-corrected chi connectivity index (χ1v) is 5.68. The van der Waals surface area contributed by atoms with Gasteiger partial charge in [0.05, 0.1) is 25.1 Å². The quantitative estimate of drug-likeness (QED) is 0.754. The van der Waals surface area contributed by atoms with Crippen molar-refractivity contribution in [1.29, 1.82) is 0 Å². The summed E-state index contributed by atoms with van der Waals surface area (Å²) in [5, 5.41) is 0.884. The molecule has 0 aliphatic carbocycles. The van der Waals surface area contributed by atoms with Crippen molar-refractivity contribution in [2.45, 2.75) is 0 Å². The molecule has 2 heterocycles. The Hall–Kier alpha value is -2.63. The number of nitrogen functional groups attached to an aromatic ring is 1. The van der Waals surface area contributed by atoms with Gasteiger partial charge in [0, 0.05) is 11.8 Å². The van der Waals surface area contributed by atoms with Crippen LogP contribution in [0.3, 0.4) is 0 Å². The van der Waals surface area contributed by atoms with Gasteiger partial charge in [-0.25, -0.2) is 0 Å². The number of H-pyrrole nitrogens is 1. The summed E-state index contributed by atoms with van der Waals surface area (Å²) in [5.41, 5.74) is 7.86. The SMILES string of the molecule is COc1ccc(OC)c2c(-c3coc(N)n3)c[nH]c12. The van der Waals surface area contributed by atoms with E-state index in [4.69, 9.17) is 19.6 Å². The van der Waals surface area contributed by atoms with Crippen molar-refractivity contribution < 1.29 is 13.9 Å². The molecular weight excluding hydrogens is 246 g/mol. The number of nitrogens with zero attached hydrogens (tertiary/aromatic N) is 1. The van der Waals surface area contributed by atoms with Gasteiger partial charge in [0.25, 0.3) is 6.01 Å². The Kier molecular flexibility index (Phi) is 2.56. The lowest BCUT2D eigenvalue weighted by Crippen LogP contribution is -1.89. The minimum atomic E-state index is 0.131. The normalized spacial score (nSPS) is 10.8. The summed E-state index contributed by atoms with van der Waals surface area (Å²) in [4.78, 5) is 7.29. The zero-order chi connectivity index (χ0) is 13.4. The number of ether oxygens (including phenoxy) is 2. The molecule has 0 aliphatic heterocycles. The van der Waals surface area contributed by atoms with Crippen LogP contribution < -0.4 is 15.2 Å². The zero-order valence-corrected chi connectivity index (χ0v) is 10.6. The number of hydrogen-bond acceptors (Lipinski definition) is 5. The topological polar surface area (TPSA) is 86.3 Å². The van der Waals surface area contributed by atoms with Crippen molar-refractivity contribution in [1.82, 2.24) is 9.97 Å². The number of rotatable bonds is 3. The van der Waals surface area contributed by atoms with Crippen LogP contribution in [0.2, 0.25) is 0 Å². The summed E-state index contributed by atoms with van der Waals surface area (Å²) in [5.74, 6) is 1.46. The number of methoxy groups -OCH3 is 2. The van der Waals surface area contributed by atoms with E-state index in [1.807, 2.05) is 18.3 Å². The van der Waals surface area contributed by atoms with Crippen molar-refractivity contribution >= 4 is 16.9 Å². The molecule has 2 aromatic heterocycles.